The summed E-state index contributed by atoms with van der Waals surface area (Å²) in [5, 5.41) is 11.5. The molecule has 0 aliphatic heterocycles. The number of allylic oxidation sites excluding steroid dienone is 2. The van der Waals surface area contributed by atoms with Crippen LogP contribution >= 0.6 is 0 Å². The number of carboxylic acids is 1. The van der Waals surface area contributed by atoms with E-state index in [0.29, 0.717) is 12.3 Å². The predicted molar refractivity (Wildman–Crippen MR) is 158 cm³/mol. The van der Waals surface area contributed by atoms with Crippen molar-refractivity contribution in [2.75, 3.05) is 11.7 Å². The first kappa shape index (κ1) is 28.7. The van der Waals surface area contributed by atoms with Crippen LogP contribution in [-0.4, -0.2) is 23.7 Å². The molecular weight excluding hydrogens is 470 g/mol. The van der Waals surface area contributed by atoms with Crippen molar-refractivity contribution in [3.8, 4) is 0 Å². The number of benzene rings is 3. The number of aromatic carboxylic acids is 1. The van der Waals surface area contributed by atoms with E-state index in [1.165, 1.54) is 25.7 Å². The molecule has 1 aliphatic rings. The molecule has 1 atom stereocenters. The Morgan fingerprint density at radius 2 is 1.42 bits per heavy atom. The molecule has 0 saturated carbocycles. The van der Waals surface area contributed by atoms with E-state index in [-0.39, 0.29) is 11.6 Å². The lowest BCUT2D eigenvalue weighted by atomic mass is 9.98. The monoisotopic (exact) mass is 509 g/mol. The number of anilines is 1. The van der Waals surface area contributed by atoms with Crippen LogP contribution in [0.4, 0.5) is 5.69 Å². The molecule has 0 amide bonds. The average molecular weight is 510 g/mol. The van der Waals surface area contributed by atoms with E-state index < -0.39 is 5.97 Å². The molecule has 198 valence electrons. The van der Waals surface area contributed by atoms with Crippen molar-refractivity contribution in [3.63, 3.8) is 0 Å². The summed E-state index contributed by atoms with van der Waals surface area (Å²) in [5.74, 6) is -0.960. The van der Waals surface area contributed by atoms with Crippen molar-refractivity contribution in [2.45, 2.75) is 51.5 Å². The van der Waals surface area contributed by atoms with Gasteiger partial charge in [-0.2, -0.15) is 0 Å². The molecule has 0 aromatic heterocycles. The molecule has 0 bridgehead atoms. The Bertz CT molecular complexity index is 1140. The van der Waals surface area contributed by atoms with Gasteiger partial charge in [0.05, 0.1) is 23.9 Å². The van der Waals surface area contributed by atoms with Crippen molar-refractivity contribution in [3.05, 3.63) is 132 Å². The van der Waals surface area contributed by atoms with Crippen LogP contribution in [0, 0.1) is 0 Å². The van der Waals surface area contributed by atoms with Crippen LogP contribution in [0.25, 0.3) is 6.08 Å². The lowest BCUT2D eigenvalue weighted by Crippen LogP contribution is -2.37. The molecule has 1 N–H and O–H groups in total. The molecule has 0 radical (unpaired) electrons. The van der Waals surface area contributed by atoms with Crippen molar-refractivity contribution in [1.29, 1.82) is 0 Å². The largest absolute Gasteiger partial charge is 0.478 e. The highest BCUT2D eigenvalue weighted by molar-refractivity contribution is 5.94. The molecule has 4 heteroatoms. The zero-order chi connectivity index (χ0) is 26.8. The van der Waals surface area contributed by atoms with Gasteiger partial charge >= 0.3 is 5.97 Å². The summed E-state index contributed by atoms with van der Waals surface area (Å²) in [7, 11) is 0. The number of hydrogen-bond acceptors (Lipinski definition) is 3. The number of unbranched alkanes of at least 4 members (excludes halogenated alkanes) is 5. The topological polar surface area (TPSA) is 49.8 Å². The van der Waals surface area contributed by atoms with E-state index in [9.17, 15) is 9.90 Å². The fourth-order valence-electron chi connectivity index (χ4n) is 4.21. The van der Waals surface area contributed by atoms with Gasteiger partial charge in [-0.05, 0) is 35.8 Å². The highest BCUT2D eigenvalue weighted by Gasteiger charge is 2.25. The molecular formula is C34H39NO3. The third kappa shape index (κ3) is 9.53. The van der Waals surface area contributed by atoms with Gasteiger partial charge in [0.15, 0.2) is 0 Å². The van der Waals surface area contributed by atoms with Gasteiger partial charge in [-0.1, -0.05) is 142 Å². The first-order chi connectivity index (χ1) is 18.7. The highest BCUT2D eigenvalue weighted by atomic mass is 16.7. The molecule has 4 rings (SSSR count). The van der Waals surface area contributed by atoms with Crippen LogP contribution in [-0.2, 0) is 4.84 Å². The van der Waals surface area contributed by atoms with Gasteiger partial charge in [0.1, 0.15) is 0 Å². The van der Waals surface area contributed by atoms with Gasteiger partial charge in [-0.15, -0.1) is 0 Å². The number of nitrogens with zero attached hydrogens (tertiary/aromatic N) is 1. The number of carbonyl (C=O) groups is 1. The second-order valence-corrected chi connectivity index (χ2v) is 9.15. The van der Waals surface area contributed by atoms with Crippen molar-refractivity contribution < 1.29 is 14.7 Å². The van der Waals surface area contributed by atoms with Crippen molar-refractivity contribution >= 4 is 17.7 Å². The summed E-state index contributed by atoms with van der Waals surface area (Å²) >= 11 is 0. The first-order valence-electron chi connectivity index (χ1n) is 13.6. The quantitative estimate of drug-likeness (QED) is 0.196. The third-order valence-electron chi connectivity index (χ3n) is 6.19. The fourth-order valence-corrected chi connectivity index (χ4v) is 4.21. The molecule has 38 heavy (non-hydrogen) atoms. The summed E-state index contributed by atoms with van der Waals surface area (Å²) in [6.45, 7) is 2.76. The third-order valence-corrected chi connectivity index (χ3v) is 6.19. The molecule has 3 aromatic rings. The van der Waals surface area contributed by atoms with Crippen LogP contribution in [0.1, 0.15) is 61.4 Å². The second-order valence-electron chi connectivity index (χ2n) is 9.15. The van der Waals surface area contributed by atoms with Crippen LogP contribution in [0.3, 0.4) is 0 Å². The number of hydroxylamine groups is 1. The fraction of sp³-hybridized carbons (Fsp3) is 0.265. The van der Waals surface area contributed by atoms with Crippen LogP contribution in [0.15, 0.2) is 121 Å². The Hall–Kier alpha value is -3.89. The molecule has 1 aliphatic carbocycles. The van der Waals surface area contributed by atoms with Crippen LogP contribution in [0.2, 0.25) is 0 Å². The summed E-state index contributed by atoms with van der Waals surface area (Å²) in [6, 6.07) is 29.0. The Balaban J connectivity index is 0.000000585. The molecule has 0 saturated heterocycles. The maximum Gasteiger partial charge on any atom is 0.337 e. The summed E-state index contributed by atoms with van der Waals surface area (Å²) < 4.78 is 0. The normalized spacial score (nSPS) is 15.1. The zero-order valence-corrected chi connectivity index (χ0v) is 22.3. The lowest BCUT2D eigenvalue weighted by molar-refractivity contribution is 0.0685. The van der Waals surface area contributed by atoms with E-state index in [2.05, 4.69) is 37.3 Å². The predicted octanol–water partition coefficient (Wildman–Crippen LogP) is 8.75. The number of carboxylic acid groups (broad SMARTS) is 1. The van der Waals surface area contributed by atoms with Gasteiger partial charge in [0.25, 0.3) is 0 Å². The van der Waals surface area contributed by atoms with Gasteiger partial charge < -0.3 is 5.11 Å². The molecule has 1 unspecified atom stereocenters. The molecule has 3 aromatic carbocycles. The summed E-state index contributed by atoms with van der Waals surface area (Å²) in [6.07, 6.45) is 17.2. The second kappa shape index (κ2) is 16.8. The smallest absolute Gasteiger partial charge is 0.337 e. The summed E-state index contributed by atoms with van der Waals surface area (Å²) in [4.78, 5) is 18.2. The van der Waals surface area contributed by atoms with E-state index >= 15 is 0 Å². The van der Waals surface area contributed by atoms with Gasteiger partial charge in [0, 0.05) is 0 Å². The standard InChI is InChI=1S/C28H33NO3.C6H6/c1-2-3-4-5-6-14-21-32-29(27-20-13-11-18-25(27)28(30)31)26-19-12-10-17-24(26)22-23-15-8-7-9-16-23;1-2-4-6-5-3-1/h7-13,15-20,22,26H,2-6,14,21H2,1H3,(H,30,31);1-6H. The molecule has 0 fully saturated rings. The zero-order valence-electron chi connectivity index (χ0n) is 22.3. The number of rotatable bonds is 12. The highest BCUT2D eigenvalue weighted by Crippen LogP contribution is 2.29. The van der Waals surface area contributed by atoms with E-state index in [1.807, 2.05) is 78.9 Å². The van der Waals surface area contributed by atoms with E-state index in [4.69, 9.17) is 4.84 Å². The number of para-hydroxylation sites is 1. The Morgan fingerprint density at radius 1 is 0.816 bits per heavy atom. The maximum atomic E-state index is 11.9. The van der Waals surface area contributed by atoms with Gasteiger partial charge in [0.2, 0.25) is 0 Å². The Kier molecular flexibility index (Phi) is 12.7. The molecule has 0 heterocycles. The van der Waals surface area contributed by atoms with Crippen molar-refractivity contribution in [2.24, 2.45) is 0 Å². The average Bonchev–Trinajstić information content (AvgIpc) is 2.97. The van der Waals surface area contributed by atoms with Crippen molar-refractivity contribution in [1.82, 2.24) is 0 Å². The Morgan fingerprint density at radius 3 is 2.11 bits per heavy atom. The van der Waals surface area contributed by atoms with Gasteiger partial charge in [-0.25, -0.2) is 9.86 Å². The molecule has 0 spiro atoms. The minimum absolute atomic E-state index is 0.221. The first-order valence-corrected chi connectivity index (χ1v) is 13.6. The lowest BCUT2D eigenvalue weighted by Gasteiger charge is -2.33. The minimum atomic E-state index is -0.960. The summed E-state index contributed by atoms with van der Waals surface area (Å²) in [5.41, 5.74) is 2.93. The SMILES string of the molecule is CCCCCCCCON(c1ccccc1C(=O)O)C1C=CC=CC1=Cc1ccccc1.c1ccccc1. The van der Waals surface area contributed by atoms with Crippen LogP contribution in [0.5, 0.6) is 0 Å². The van der Waals surface area contributed by atoms with E-state index in [0.717, 1.165) is 24.0 Å². The van der Waals surface area contributed by atoms with E-state index in [1.54, 1.807) is 17.2 Å². The number of hydrogen-bond donors (Lipinski definition) is 1. The van der Waals surface area contributed by atoms with Gasteiger partial charge in [-0.3, -0.25) is 4.84 Å². The van der Waals surface area contributed by atoms with Crippen LogP contribution < -0.4 is 5.06 Å². The Labute approximate surface area is 227 Å². The molecule has 4 nitrogen and oxygen atoms in total. The minimum Gasteiger partial charge on any atom is -0.478 e. The maximum absolute atomic E-state index is 11.9.